The Labute approximate surface area is 176 Å². The van der Waals surface area contributed by atoms with Crippen LogP contribution in [0.4, 0.5) is 9.59 Å². The van der Waals surface area contributed by atoms with Crippen molar-refractivity contribution < 1.29 is 24.2 Å². The first-order valence-corrected chi connectivity index (χ1v) is 9.81. The van der Waals surface area contributed by atoms with Gasteiger partial charge in [0.05, 0.1) is 18.2 Å². The van der Waals surface area contributed by atoms with Crippen LogP contribution in [0.2, 0.25) is 0 Å². The number of aryl methyl sites for hydroxylation is 1. The number of aldehydes is 1. The third-order valence-electron chi connectivity index (χ3n) is 5.07. The number of aromatic nitrogens is 2. The van der Waals surface area contributed by atoms with Gasteiger partial charge in [0.15, 0.2) is 0 Å². The highest BCUT2D eigenvalue weighted by Crippen LogP contribution is 2.29. The average molecular weight is 418 g/mol. The van der Waals surface area contributed by atoms with Crippen molar-refractivity contribution in [1.29, 1.82) is 0 Å². The maximum atomic E-state index is 11.1. The molecule has 0 spiro atoms. The smallest absolute Gasteiger partial charge is 0.408 e. The van der Waals surface area contributed by atoms with E-state index in [0.717, 1.165) is 24.0 Å². The number of rotatable bonds is 4. The molecular weight excluding hydrogens is 388 g/mol. The molecular formula is C21H30N4O5. The summed E-state index contributed by atoms with van der Waals surface area (Å²) in [5, 5.41) is 9.14. The van der Waals surface area contributed by atoms with Crippen LogP contribution in [0.1, 0.15) is 52.1 Å². The first kappa shape index (κ1) is 23.2. The molecule has 164 valence electrons. The minimum atomic E-state index is -0.923. The Balaban J connectivity index is 0.000000214. The normalized spacial score (nSPS) is 20.5. The molecule has 2 amide bonds. The van der Waals surface area contributed by atoms with Gasteiger partial charge < -0.3 is 20.1 Å². The Kier molecular flexibility index (Phi) is 7.42. The van der Waals surface area contributed by atoms with E-state index in [9.17, 15) is 14.4 Å². The van der Waals surface area contributed by atoms with Crippen molar-refractivity contribution in [2.45, 2.75) is 64.1 Å². The van der Waals surface area contributed by atoms with Crippen LogP contribution in [0, 0.1) is 0 Å². The van der Waals surface area contributed by atoms with Crippen molar-refractivity contribution in [2.24, 2.45) is 12.8 Å². The second-order valence-electron chi connectivity index (χ2n) is 8.43. The molecule has 0 bridgehead atoms. The van der Waals surface area contributed by atoms with E-state index in [2.05, 4.69) is 11.1 Å². The third-order valence-corrected chi connectivity index (χ3v) is 5.07. The Hall–Kier alpha value is -3.10. The topological polar surface area (TPSA) is 128 Å². The lowest BCUT2D eigenvalue weighted by molar-refractivity contribution is -0.105. The zero-order valence-corrected chi connectivity index (χ0v) is 17.9. The Morgan fingerprint density at radius 1 is 1.30 bits per heavy atom. The zero-order chi connectivity index (χ0) is 22.5. The Morgan fingerprint density at radius 3 is 2.47 bits per heavy atom. The molecule has 2 aliphatic rings. The second-order valence-corrected chi connectivity index (χ2v) is 8.43. The maximum absolute atomic E-state index is 11.1. The van der Waals surface area contributed by atoms with Crippen LogP contribution in [0.3, 0.4) is 0 Å². The number of carbonyl (C=O) groups excluding carboxylic acids is 2. The van der Waals surface area contributed by atoms with Gasteiger partial charge >= 0.3 is 12.2 Å². The number of carbonyl (C=O) groups is 3. The molecule has 1 aromatic rings. The summed E-state index contributed by atoms with van der Waals surface area (Å²) in [7, 11) is 1.94. The predicted octanol–water partition coefficient (Wildman–Crippen LogP) is 3.11. The molecule has 2 unspecified atom stereocenters. The lowest BCUT2D eigenvalue weighted by Crippen LogP contribution is -2.50. The summed E-state index contributed by atoms with van der Waals surface area (Å²) in [4.78, 5) is 37.8. The number of imidazole rings is 1. The molecule has 0 aliphatic heterocycles. The molecule has 3 rings (SSSR count). The minimum absolute atomic E-state index is 0.0947. The molecule has 0 radical (unpaired) electrons. The Bertz CT molecular complexity index is 850. The highest BCUT2D eigenvalue weighted by atomic mass is 16.6. The summed E-state index contributed by atoms with van der Waals surface area (Å²) in [5.41, 5.74) is 7.46. The number of nitrogens with zero attached hydrogens (tertiary/aromatic N) is 3. The van der Waals surface area contributed by atoms with Crippen LogP contribution >= 0.6 is 0 Å². The van der Waals surface area contributed by atoms with Crippen molar-refractivity contribution in [3.8, 4) is 0 Å². The maximum Gasteiger partial charge on any atom is 0.408 e. The highest BCUT2D eigenvalue weighted by molar-refractivity contribution is 5.75. The predicted molar refractivity (Wildman–Crippen MR) is 112 cm³/mol. The Morgan fingerprint density at radius 2 is 2.00 bits per heavy atom. The van der Waals surface area contributed by atoms with E-state index in [1.165, 1.54) is 4.90 Å². The second kappa shape index (κ2) is 9.60. The van der Waals surface area contributed by atoms with E-state index in [0.29, 0.717) is 24.8 Å². The van der Waals surface area contributed by atoms with Gasteiger partial charge in [-0.15, -0.1) is 0 Å². The number of amides is 2. The van der Waals surface area contributed by atoms with Gasteiger partial charge in [-0.05, 0) is 44.8 Å². The fourth-order valence-corrected chi connectivity index (χ4v) is 3.83. The van der Waals surface area contributed by atoms with Gasteiger partial charge in [0.1, 0.15) is 12.4 Å². The third kappa shape index (κ3) is 5.95. The van der Waals surface area contributed by atoms with Crippen LogP contribution in [0.15, 0.2) is 30.2 Å². The highest BCUT2D eigenvalue weighted by Gasteiger charge is 2.34. The molecule has 0 aromatic carbocycles. The quantitative estimate of drug-likeness (QED) is 0.723. The number of hydrogen-bond acceptors (Lipinski definition) is 5. The molecule has 2 atom stereocenters. The van der Waals surface area contributed by atoms with E-state index in [4.69, 9.17) is 15.6 Å². The molecule has 2 aliphatic carbocycles. The summed E-state index contributed by atoms with van der Waals surface area (Å²) >= 11 is 0. The molecule has 9 nitrogen and oxygen atoms in total. The molecule has 30 heavy (non-hydrogen) atoms. The lowest BCUT2D eigenvalue weighted by atomic mass is 10.0. The van der Waals surface area contributed by atoms with Crippen molar-refractivity contribution in [3.05, 3.63) is 35.9 Å². The van der Waals surface area contributed by atoms with E-state index in [1.807, 2.05) is 38.5 Å². The van der Waals surface area contributed by atoms with E-state index in [1.54, 1.807) is 12.5 Å². The van der Waals surface area contributed by atoms with E-state index in [-0.39, 0.29) is 12.1 Å². The molecule has 0 saturated carbocycles. The monoisotopic (exact) mass is 418 g/mol. The number of ether oxygens (including phenoxy) is 1. The largest absolute Gasteiger partial charge is 0.465 e. The number of primary amides is 1. The standard InChI is InChI=1S/C11H17NO3.C10H13N3O2/c1-11(2,3)12(10(14)15)9-5-4-8(6-9)7-13;1-13-6-12-5-9(13)7-2-3-8(4-7)15-10(11)14/h4,7,9H,5-6H2,1-3H3,(H,14,15);2,5-6,8H,3-4H2,1H3,(H2,11,14). The molecule has 9 heteroatoms. The van der Waals surface area contributed by atoms with Gasteiger partial charge in [0, 0.05) is 31.5 Å². The lowest BCUT2D eigenvalue weighted by Gasteiger charge is -2.38. The summed E-state index contributed by atoms with van der Waals surface area (Å²) in [6.45, 7) is 5.58. The number of carboxylic acid groups (broad SMARTS) is 1. The molecule has 3 N–H and O–H groups in total. The molecule has 0 fully saturated rings. The van der Waals surface area contributed by atoms with Crippen molar-refractivity contribution in [1.82, 2.24) is 14.5 Å². The average Bonchev–Trinajstić information content (AvgIpc) is 3.34. The number of hydrogen-bond donors (Lipinski definition) is 2. The van der Waals surface area contributed by atoms with Gasteiger partial charge in [0.25, 0.3) is 0 Å². The van der Waals surface area contributed by atoms with E-state index < -0.39 is 17.7 Å². The van der Waals surface area contributed by atoms with Gasteiger partial charge in [-0.2, -0.15) is 0 Å². The fourth-order valence-electron chi connectivity index (χ4n) is 3.83. The van der Waals surface area contributed by atoms with E-state index >= 15 is 0 Å². The SMILES string of the molecule is CC(C)(C)N(C(=O)O)C1CC=C(C=O)C1.Cn1cncc1C1=CCC(OC(N)=O)C1. The van der Waals surface area contributed by atoms with Crippen LogP contribution in [0.5, 0.6) is 0 Å². The van der Waals surface area contributed by atoms with Crippen molar-refractivity contribution >= 4 is 24.0 Å². The van der Waals surface area contributed by atoms with Crippen LogP contribution in [-0.4, -0.2) is 55.7 Å². The first-order chi connectivity index (χ1) is 14.0. The summed E-state index contributed by atoms with van der Waals surface area (Å²) < 4.78 is 6.88. The van der Waals surface area contributed by atoms with Crippen molar-refractivity contribution in [3.63, 3.8) is 0 Å². The summed E-state index contributed by atoms with van der Waals surface area (Å²) in [6.07, 6.45) is 9.10. The van der Waals surface area contributed by atoms with Gasteiger partial charge in [-0.3, -0.25) is 9.69 Å². The van der Waals surface area contributed by atoms with Crippen LogP contribution in [-0.2, 0) is 16.6 Å². The van der Waals surface area contributed by atoms with Gasteiger partial charge in [-0.25, -0.2) is 14.6 Å². The van der Waals surface area contributed by atoms with Crippen LogP contribution < -0.4 is 5.73 Å². The van der Waals surface area contributed by atoms with Gasteiger partial charge in [0.2, 0.25) is 0 Å². The van der Waals surface area contributed by atoms with Crippen molar-refractivity contribution in [2.75, 3.05) is 0 Å². The zero-order valence-electron chi connectivity index (χ0n) is 17.9. The number of nitrogens with two attached hydrogens (primary N) is 1. The fraction of sp³-hybridized carbons (Fsp3) is 0.524. The minimum Gasteiger partial charge on any atom is -0.465 e. The first-order valence-electron chi connectivity index (χ1n) is 9.81. The van der Waals surface area contributed by atoms with Gasteiger partial charge in [-0.1, -0.05) is 12.2 Å². The molecule has 1 aromatic heterocycles. The summed E-state index contributed by atoms with van der Waals surface area (Å²) in [6, 6.07) is -0.0947. The molecule has 0 saturated heterocycles. The molecule has 1 heterocycles. The van der Waals surface area contributed by atoms with Crippen LogP contribution in [0.25, 0.3) is 5.57 Å². The summed E-state index contributed by atoms with van der Waals surface area (Å²) in [5.74, 6) is 0.